The minimum atomic E-state index is -0.0561. The summed E-state index contributed by atoms with van der Waals surface area (Å²) in [6.07, 6.45) is 4.73. The SMILES string of the molecule is CCCCCNC(=O)C1CCN(C(=O)COc2ccc(C)cc2OC)CC1. The minimum absolute atomic E-state index is 0.00814. The fraction of sp³-hybridized carbons (Fsp3) is 0.619. The van der Waals surface area contributed by atoms with Gasteiger partial charge in [0.15, 0.2) is 18.1 Å². The van der Waals surface area contributed by atoms with Crippen molar-refractivity contribution >= 4 is 11.8 Å². The first-order chi connectivity index (χ1) is 13.0. The largest absolute Gasteiger partial charge is 0.493 e. The number of piperidine rings is 1. The van der Waals surface area contributed by atoms with Crippen LogP contribution in [0, 0.1) is 12.8 Å². The number of ether oxygens (including phenoxy) is 2. The van der Waals surface area contributed by atoms with Crippen LogP contribution < -0.4 is 14.8 Å². The lowest BCUT2D eigenvalue weighted by Crippen LogP contribution is -2.44. The molecule has 0 spiro atoms. The van der Waals surface area contributed by atoms with E-state index in [1.807, 2.05) is 25.1 Å². The number of carbonyl (C=O) groups is 2. The smallest absolute Gasteiger partial charge is 0.260 e. The first kappa shape index (κ1) is 21.1. The van der Waals surface area contributed by atoms with E-state index in [1.165, 1.54) is 0 Å². The van der Waals surface area contributed by atoms with Gasteiger partial charge >= 0.3 is 0 Å². The summed E-state index contributed by atoms with van der Waals surface area (Å²) >= 11 is 0. The van der Waals surface area contributed by atoms with Crippen LogP contribution in [0.4, 0.5) is 0 Å². The number of aryl methyl sites for hydroxylation is 1. The topological polar surface area (TPSA) is 67.9 Å². The molecule has 0 saturated carbocycles. The molecule has 1 saturated heterocycles. The first-order valence-corrected chi connectivity index (χ1v) is 9.88. The van der Waals surface area contributed by atoms with Crippen LogP contribution in [0.2, 0.25) is 0 Å². The second-order valence-corrected chi connectivity index (χ2v) is 7.10. The number of unbranched alkanes of at least 4 members (excludes halogenated alkanes) is 2. The van der Waals surface area contributed by atoms with E-state index < -0.39 is 0 Å². The molecule has 1 aromatic rings. The number of rotatable bonds is 9. The Balaban J connectivity index is 1.74. The predicted molar refractivity (Wildman–Crippen MR) is 105 cm³/mol. The van der Waals surface area contributed by atoms with E-state index in [0.29, 0.717) is 37.4 Å². The Morgan fingerprint density at radius 1 is 1.19 bits per heavy atom. The van der Waals surface area contributed by atoms with Crippen LogP contribution >= 0.6 is 0 Å². The Labute approximate surface area is 162 Å². The van der Waals surface area contributed by atoms with Crippen molar-refractivity contribution in [1.29, 1.82) is 0 Å². The summed E-state index contributed by atoms with van der Waals surface area (Å²) in [5.74, 6) is 1.27. The van der Waals surface area contributed by atoms with Crippen LogP contribution in [0.5, 0.6) is 11.5 Å². The molecule has 0 bridgehead atoms. The lowest BCUT2D eigenvalue weighted by Gasteiger charge is -2.31. The van der Waals surface area contributed by atoms with E-state index in [0.717, 1.165) is 31.4 Å². The highest BCUT2D eigenvalue weighted by Gasteiger charge is 2.27. The molecule has 0 aliphatic carbocycles. The van der Waals surface area contributed by atoms with Gasteiger partial charge in [0.05, 0.1) is 7.11 Å². The predicted octanol–water partition coefficient (Wildman–Crippen LogP) is 2.93. The van der Waals surface area contributed by atoms with Crippen molar-refractivity contribution < 1.29 is 19.1 Å². The van der Waals surface area contributed by atoms with Crippen LogP contribution in [0.1, 0.15) is 44.6 Å². The molecule has 1 aromatic carbocycles. The van der Waals surface area contributed by atoms with E-state index in [4.69, 9.17) is 9.47 Å². The summed E-state index contributed by atoms with van der Waals surface area (Å²) in [7, 11) is 1.58. The van der Waals surface area contributed by atoms with Crippen molar-refractivity contribution in [3.63, 3.8) is 0 Å². The highest BCUT2D eigenvalue weighted by molar-refractivity contribution is 5.80. The second kappa shape index (κ2) is 10.8. The van der Waals surface area contributed by atoms with E-state index in [1.54, 1.807) is 12.0 Å². The van der Waals surface area contributed by atoms with Crippen molar-refractivity contribution in [2.24, 2.45) is 5.92 Å². The van der Waals surface area contributed by atoms with Crippen molar-refractivity contribution in [3.05, 3.63) is 23.8 Å². The Morgan fingerprint density at radius 3 is 2.59 bits per heavy atom. The van der Waals surface area contributed by atoms with Gasteiger partial charge in [0.25, 0.3) is 5.91 Å². The maximum atomic E-state index is 12.4. The van der Waals surface area contributed by atoms with Crippen molar-refractivity contribution in [3.8, 4) is 11.5 Å². The molecule has 27 heavy (non-hydrogen) atoms. The molecule has 2 amide bonds. The van der Waals surface area contributed by atoms with Gasteiger partial charge in [-0.1, -0.05) is 25.8 Å². The maximum Gasteiger partial charge on any atom is 0.260 e. The molecule has 1 heterocycles. The standard InChI is InChI=1S/C21H32N2O4/c1-4-5-6-11-22-21(25)17-9-12-23(13-10-17)20(24)15-27-18-8-7-16(2)14-19(18)26-3/h7-8,14,17H,4-6,9-13,15H2,1-3H3,(H,22,25). The minimum Gasteiger partial charge on any atom is -0.493 e. The van der Waals surface area contributed by atoms with Crippen LogP contribution in [-0.4, -0.2) is 50.1 Å². The van der Waals surface area contributed by atoms with Gasteiger partial charge in [0.2, 0.25) is 5.91 Å². The van der Waals surface area contributed by atoms with Gasteiger partial charge in [-0.3, -0.25) is 9.59 Å². The molecule has 1 N–H and O–H groups in total. The highest BCUT2D eigenvalue weighted by atomic mass is 16.5. The number of methoxy groups -OCH3 is 1. The highest BCUT2D eigenvalue weighted by Crippen LogP contribution is 2.28. The number of hydrogen-bond donors (Lipinski definition) is 1. The molecular formula is C21H32N2O4. The third-order valence-corrected chi connectivity index (χ3v) is 4.97. The van der Waals surface area contributed by atoms with E-state index >= 15 is 0 Å². The summed E-state index contributed by atoms with van der Waals surface area (Å²) in [4.78, 5) is 26.4. The van der Waals surface area contributed by atoms with E-state index in [9.17, 15) is 9.59 Å². The molecule has 0 radical (unpaired) electrons. The van der Waals surface area contributed by atoms with Crippen molar-refractivity contribution in [2.75, 3.05) is 33.4 Å². The molecule has 1 aliphatic rings. The number of nitrogens with one attached hydrogen (secondary N) is 1. The third-order valence-electron chi connectivity index (χ3n) is 4.97. The summed E-state index contributed by atoms with van der Waals surface area (Å²) in [5, 5.41) is 3.01. The summed E-state index contributed by atoms with van der Waals surface area (Å²) in [6.45, 7) is 6.04. The molecule has 1 fully saturated rings. The van der Waals surface area contributed by atoms with Crippen LogP contribution in [-0.2, 0) is 9.59 Å². The average Bonchev–Trinajstić information content (AvgIpc) is 2.69. The fourth-order valence-corrected chi connectivity index (χ4v) is 3.25. The zero-order valence-electron chi connectivity index (χ0n) is 16.8. The second-order valence-electron chi connectivity index (χ2n) is 7.10. The van der Waals surface area contributed by atoms with E-state index in [-0.39, 0.29) is 24.3 Å². The number of nitrogens with zero attached hydrogens (tertiary/aromatic N) is 1. The van der Waals surface area contributed by atoms with Gasteiger partial charge < -0.3 is 19.7 Å². The maximum absolute atomic E-state index is 12.4. The Kier molecular flexibility index (Phi) is 8.43. The number of carbonyl (C=O) groups excluding carboxylic acids is 2. The lowest BCUT2D eigenvalue weighted by molar-refractivity contribution is -0.137. The molecule has 6 nitrogen and oxygen atoms in total. The molecule has 150 valence electrons. The quantitative estimate of drug-likeness (QED) is 0.673. The third kappa shape index (κ3) is 6.45. The molecule has 0 aromatic heterocycles. The molecule has 0 unspecified atom stereocenters. The molecule has 1 aliphatic heterocycles. The molecule has 6 heteroatoms. The molecular weight excluding hydrogens is 344 g/mol. The van der Waals surface area contributed by atoms with Gasteiger partial charge in [0.1, 0.15) is 0 Å². The van der Waals surface area contributed by atoms with Gasteiger partial charge in [-0.15, -0.1) is 0 Å². The summed E-state index contributed by atoms with van der Waals surface area (Å²) in [6, 6.07) is 5.62. The molecule has 2 rings (SSSR count). The number of amides is 2. The first-order valence-electron chi connectivity index (χ1n) is 9.88. The fourth-order valence-electron chi connectivity index (χ4n) is 3.25. The molecule has 0 atom stereocenters. The van der Waals surface area contributed by atoms with Crippen molar-refractivity contribution in [1.82, 2.24) is 10.2 Å². The van der Waals surface area contributed by atoms with Crippen LogP contribution in [0.25, 0.3) is 0 Å². The van der Waals surface area contributed by atoms with Crippen molar-refractivity contribution in [2.45, 2.75) is 46.0 Å². The van der Waals surface area contributed by atoms with Crippen LogP contribution in [0.15, 0.2) is 18.2 Å². The zero-order chi connectivity index (χ0) is 19.6. The summed E-state index contributed by atoms with van der Waals surface area (Å²) < 4.78 is 11.0. The van der Waals surface area contributed by atoms with Gasteiger partial charge in [0, 0.05) is 25.6 Å². The Bertz CT molecular complexity index is 625. The number of hydrogen-bond acceptors (Lipinski definition) is 4. The number of benzene rings is 1. The summed E-state index contributed by atoms with van der Waals surface area (Å²) in [5.41, 5.74) is 1.07. The average molecular weight is 376 g/mol. The van der Waals surface area contributed by atoms with Crippen LogP contribution in [0.3, 0.4) is 0 Å². The van der Waals surface area contributed by atoms with Gasteiger partial charge in [-0.2, -0.15) is 0 Å². The Morgan fingerprint density at radius 2 is 1.93 bits per heavy atom. The number of likely N-dealkylation sites (tertiary alicyclic amines) is 1. The Hall–Kier alpha value is -2.24. The van der Waals surface area contributed by atoms with E-state index in [2.05, 4.69) is 12.2 Å². The lowest BCUT2D eigenvalue weighted by atomic mass is 9.96. The monoisotopic (exact) mass is 376 g/mol. The van der Waals surface area contributed by atoms with Gasteiger partial charge in [-0.05, 0) is 43.9 Å². The normalized spacial score (nSPS) is 14.7. The zero-order valence-corrected chi connectivity index (χ0v) is 16.8. The van der Waals surface area contributed by atoms with Gasteiger partial charge in [-0.25, -0.2) is 0 Å².